The number of rotatable bonds is 6. The zero-order chi connectivity index (χ0) is 18.9. The van der Waals surface area contributed by atoms with Crippen LogP contribution in [0.15, 0.2) is 51.1 Å². The van der Waals surface area contributed by atoms with Crippen LogP contribution in [0.25, 0.3) is 11.4 Å². The second-order valence-corrected chi connectivity index (χ2v) is 9.07. The zero-order valence-corrected chi connectivity index (χ0v) is 16.6. The summed E-state index contributed by atoms with van der Waals surface area (Å²) in [4.78, 5) is 0.285. The largest absolute Gasteiger partial charge is 0.469 e. The van der Waals surface area contributed by atoms with Crippen LogP contribution >= 0.6 is 11.8 Å². The number of benzene rings is 1. The summed E-state index contributed by atoms with van der Waals surface area (Å²) in [6.45, 7) is 1.88. The van der Waals surface area contributed by atoms with Crippen molar-refractivity contribution in [2.45, 2.75) is 22.7 Å². The Hall–Kier alpha value is -2.10. The Balaban J connectivity index is 1.79. The third kappa shape index (κ3) is 3.55. The highest BCUT2D eigenvalue weighted by molar-refractivity contribution is 7.98. The number of aryl methyl sites for hydroxylation is 1. The summed E-state index contributed by atoms with van der Waals surface area (Å²) in [5, 5.41) is 9.23. The molecule has 2 heterocycles. The summed E-state index contributed by atoms with van der Waals surface area (Å²) in [5.41, 5.74) is 1.81. The van der Waals surface area contributed by atoms with E-state index in [0.717, 1.165) is 27.9 Å². The lowest BCUT2D eigenvalue weighted by Gasteiger charge is -2.12. The van der Waals surface area contributed by atoms with E-state index in [0.29, 0.717) is 5.75 Å². The SMILES string of the molecule is Cc1occc1-c1nnc(SCc2cccc(S(=O)(=O)N(C)C)c2)n1C. The molecule has 0 saturated carbocycles. The minimum absolute atomic E-state index is 0.285. The molecule has 0 bridgehead atoms. The standard InChI is InChI=1S/C17H20N4O3S2/c1-12-15(8-9-24-12)16-18-19-17(21(16)4)25-11-13-6-5-7-14(10-13)26(22,23)20(2)3/h5-10H,11H2,1-4H3. The Bertz CT molecular complexity index is 1020. The van der Waals surface area contributed by atoms with Crippen LogP contribution in [0, 0.1) is 6.92 Å². The molecule has 2 aromatic heterocycles. The van der Waals surface area contributed by atoms with Gasteiger partial charge in [0.15, 0.2) is 11.0 Å². The van der Waals surface area contributed by atoms with Crippen molar-refractivity contribution in [1.82, 2.24) is 19.1 Å². The average molecular weight is 393 g/mol. The van der Waals surface area contributed by atoms with E-state index in [1.54, 1.807) is 24.5 Å². The lowest BCUT2D eigenvalue weighted by atomic mass is 10.2. The first-order valence-corrected chi connectivity index (χ1v) is 10.3. The van der Waals surface area contributed by atoms with E-state index in [4.69, 9.17) is 4.42 Å². The van der Waals surface area contributed by atoms with Crippen LogP contribution in [0.2, 0.25) is 0 Å². The Morgan fingerprint density at radius 1 is 1.23 bits per heavy atom. The number of hydrogen-bond acceptors (Lipinski definition) is 6. The van der Waals surface area contributed by atoms with Crippen molar-refractivity contribution < 1.29 is 12.8 Å². The van der Waals surface area contributed by atoms with Crippen molar-refractivity contribution in [2.75, 3.05) is 14.1 Å². The highest BCUT2D eigenvalue weighted by Crippen LogP contribution is 2.28. The summed E-state index contributed by atoms with van der Waals surface area (Å²) in [7, 11) is 1.51. The monoisotopic (exact) mass is 392 g/mol. The van der Waals surface area contributed by atoms with Crippen molar-refractivity contribution in [3.05, 3.63) is 47.9 Å². The predicted octanol–water partition coefficient (Wildman–Crippen LogP) is 2.93. The van der Waals surface area contributed by atoms with Gasteiger partial charge >= 0.3 is 0 Å². The second-order valence-electron chi connectivity index (χ2n) is 5.98. The van der Waals surface area contributed by atoms with Gasteiger partial charge in [0.25, 0.3) is 0 Å². The van der Waals surface area contributed by atoms with E-state index in [9.17, 15) is 8.42 Å². The van der Waals surface area contributed by atoms with Crippen LogP contribution in [-0.4, -0.2) is 41.6 Å². The van der Waals surface area contributed by atoms with Crippen molar-refractivity contribution in [2.24, 2.45) is 7.05 Å². The molecule has 0 aliphatic rings. The summed E-state index contributed by atoms with van der Waals surface area (Å²) in [5.74, 6) is 2.12. The molecule has 0 N–H and O–H groups in total. The summed E-state index contributed by atoms with van der Waals surface area (Å²) >= 11 is 1.50. The lowest BCUT2D eigenvalue weighted by Crippen LogP contribution is -2.22. The van der Waals surface area contributed by atoms with Crippen LogP contribution in [0.3, 0.4) is 0 Å². The van der Waals surface area contributed by atoms with E-state index in [-0.39, 0.29) is 4.90 Å². The maximum Gasteiger partial charge on any atom is 0.242 e. The molecule has 138 valence electrons. The minimum atomic E-state index is -3.44. The average Bonchev–Trinajstić information content (AvgIpc) is 3.18. The molecule has 7 nitrogen and oxygen atoms in total. The fourth-order valence-corrected chi connectivity index (χ4v) is 4.27. The van der Waals surface area contributed by atoms with Gasteiger partial charge in [-0.3, -0.25) is 0 Å². The first-order valence-electron chi connectivity index (χ1n) is 7.89. The molecule has 0 aliphatic heterocycles. The molecule has 0 saturated heterocycles. The van der Waals surface area contributed by atoms with Gasteiger partial charge in [0.2, 0.25) is 10.0 Å². The Labute approximate surface area is 157 Å². The molecular formula is C17H20N4O3S2. The van der Waals surface area contributed by atoms with Crippen LogP contribution < -0.4 is 0 Å². The number of furan rings is 1. The molecule has 0 unspecified atom stereocenters. The minimum Gasteiger partial charge on any atom is -0.469 e. The van der Waals surface area contributed by atoms with Crippen LogP contribution in [0.5, 0.6) is 0 Å². The number of aromatic nitrogens is 3. The first kappa shape index (κ1) is 18.7. The van der Waals surface area contributed by atoms with E-state index in [1.807, 2.05) is 30.7 Å². The first-order chi connectivity index (χ1) is 12.3. The predicted molar refractivity (Wildman–Crippen MR) is 100 cm³/mol. The topological polar surface area (TPSA) is 81.2 Å². The van der Waals surface area contributed by atoms with Crippen molar-refractivity contribution in [3.8, 4) is 11.4 Å². The molecular weight excluding hydrogens is 372 g/mol. The maximum absolute atomic E-state index is 12.3. The molecule has 9 heteroatoms. The number of hydrogen-bond donors (Lipinski definition) is 0. The molecule has 0 radical (unpaired) electrons. The van der Waals surface area contributed by atoms with E-state index < -0.39 is 10.0 Å². The van der Waals surface area contributed by atoms with Crippen molar-refractivity contribution in [3.63, 3.8) is 0 Å². The molecule has 0 fully saturated rings. The number of nitrogens with zero attached hydrogens (tertiary/aromatic N) is 4. The summed E-state index contributed by atoms with van der Waals surface area (Å²) in [6, 6.07) is 8.82. The third-order valence-corrected chi connectivity index (χ3v) is 6.88. The quantitative estimate of drug-likeness (QED) is 0.600. The van der Waals surface area contributed by atoms with Gasteiger partial charge in [-0.25, -0.2) is 12.7 Å². The van der Waals surface area contributed by atoms with Crippen LogP contribution in [0.4, 0.5) is 0 Å². The molecule has 3 aromatic rings. The van der Waals surface area contributed by atoms with E-state index in [1.165, 1.54) is 30.2 Å². The highest BCUT2D eigenvalue weighted by Gasteiger charge is 2.18. The lowest BCUT2D eigenvalue weighted by molar-refractivity contribution is 0.520. The smallest absolute Gasteiger partial charge is 0.242 e. The van der Waals surface area contributed by atoms with Gasteiger partial charge in [-0.15, -0.1) is 10.2 Å². The molecule has 0 aliphatic carbocycles. The van der Waals surface area contributed by atoms with Crippen molar-refractivity contribution >= 4 is 21.8 Å². The third-order valence-electron chi connectivity index (χ3n) is 3.98. The van der Waals surface area contributed by atoms with Gasteiger partial charge in [-0.05, 0) is 30.7 Å². The Kier molecular flexibility index (Phi) is 5.22. The highest BCUT2D eigenvalue weighted by atomic mass is 32.2. The van der Waals surface area contributed by atoms with Gasteiger partial charge in [-0.2, -0.15) is 0 Å². The van der Waals surface area contributed by atoms with Gasteiger partial charge in [-0.1, -0.05) is 23.9 Å². The van der Waals surface area contributed by atoms with Gasteiger partial charge in [0, 0.05) is 26.9 Å². The Morgan fingerprint density at radius 3 is 2.65 bits per heavy atom. The Morgan fingerprint density at radius 2 is 2.00 bits per heavy atom. The molecule has 26 heavy (non-hydrogen) atoms. The molecule has 3 rings (SSSR count). The fraction of sp³-hybridized carbons (Fsp3) is 0.294. The molecule has 1 aromatic carbocycles. The van der Waals surface area contributed by atoms with Gasteiger partial charge in [0.05, 0.1) is 16.7 Å². The summed E-state index contributed by atoms with van der Waals surface area (Å²) < 4.78 is 33.0. The van der Waals surface area contributed by atoms with Crippen LogP contribution in [0.1, 0.15) is 11.3 Å². The fourth-order valence-electron chi connectivity index (χ4n) is 2.45. The second kappa shape index (κ2) is 7.26. The molecule has 0 atom stereocenters. The maximum atomic E-state index is 12.3. The molecule has 0 spiro atoms. The molecule has 0 amide bonds. The normalized spacial score (nSPS) is 12.0. The summed E-state index contributed by atoms with van der Waals surface area (Å²) in [6.07, 6.45) is 1.63. The van der Waals surface area contributed by atoms with Crippen LogP contribution in [-0.2, 0) is 22.8 Å². The number of sulfonamides is 1. The van der Waals surface area contributed by atoms with Gasteiger partial charge < -0.3 is 8.98 Å². The van der Waals surface area contributed by atoms with E-state index in [2.05, 4.69) is 10.2 Å². The van der Waals surface area contributed by atoms with Crippen molar-refractivity contribution in [1.29, 1.82) is 0 Å². The number of thioether (sulfide) groups is 1. The zero-order valence-electron chi connectivity index (χ0n) is 15.0. The van der Waals surface area contributed by atoms with Gasteiger partial charge in [0.1, 0.15) is 5.76 Å². The van der Waals surface area contributed by atoms with E-state index >= 15 is 0 Å².